The van der Waals surface area contributed by atoms with Crippen LogP contribution in [0.1, 0.15) is 23.6 Å². The summed E-state index contributed by atoms with van der Waals surface area (Å²) in [5.41, 5.74) is 2.13. The van der Waals surface area contributed by atoms with Gasteiger partial charge in [0.05, 0.1) is 12.7 Å². The fourth-order valence-corrected chi connectivity index (χ4v) is 2.48. The van der Waals surface area contributed by atoms with Gasteiger partial charge in [0.15, 0.2) is 5.70 Å². The van der Waals surface area contributed by atoms with Crippen molar-refractivity contribution in [3.63, 3.8) is 0 Å². The van der Waals surface area contributed by atoms with Crippen molar-refractivity contribution in [3.8, 4) is 5.75 Å². The highest BCUT2D eigenvalue weighted by Crippen LogP contribution is 2.24. The number of aliphatic imine (C=N–C) groups is 1. The molecular formula is C19H16FNO3. The van der Waals surface area contributed by atoms with Crippen LogP contribution < -0.4 is 4.74 Å². The molecule has 3 rings (SSSR count). The number of hydrogen-bond acceptors (Lipinski definition) is 4. The maximum Gasteiger partial charge on any atom is 0.363 e. The first-order chi connectivity index (χ1) is 11.6. The third-order valence-electron chi connectivity index (χ3n) is 3.71. The van der Waals surface area contributed by atoms with E-state index in [1.807, 2.05) is 25.1 Å². The number of methoxy groups -OCH3 is 1. The van der Waals surface area contributed by atoms with Crippen LogP contribution in [-0.2, 0) is 16.0 Å². The van der Waals surface area contributed by atoms with E-state index < -0.39 is 11.8 Å². The molecule has 0 atom stereocenters. The zero-order chi connectivity index (χ0) is 17.1. The monoisotopic (exact) mass is 325 g/mol. The Balaban J connectivity index is 1.96. The normalized spacial score (nSPS) is 15.4. The van der Waals surface area contributed by atoms with E-state index in [4.69, 9.17) is 9.47 Å². The zero-order valence-electron chi connectivity index (χ0n) is 13.4. The predicted octanol–water partition coefficient (Wildman–Crippen LogP) is 3.74. The van der Waals surface area contributed by atoms with Crippen molar-refractivity contribution in [2.24, 2.45) is 4.99 Å². The summed E-state index contributed by atoms with van der Waals surface area (Å²) >= 11 is 0. The molecular weight excluding hydrogens is 309 g/mol. The largest absolute Gasteiger partial charge is 0.496 e. The van der Waals surface area contributed by atoms with E-state index in [0.717, 1.165) is 23.3 Å². The lowest BCUT2D eigenvalue weighted by atomic mass is 10.1. The molecule has 0 saturated carbocycles. The van der Waals surface area contributed by atoms with Crippen LogP contribution in [0.4, 0.5) is 4.39 Å². The fourth-order valence-electron chi connectivity index (χ4n) is 2.48. The first-order valence-corrected chi connectivity index (χ1v) is 7.56. The highest BCUT2D eigenvalue weighted by molar-refractivity contribution is 6.12. The number of ether oxygens (including phenoxy) is 2. The molecule has 122 valence electrons. The number of rotatable bonds is 4. The van der Waals surface area contributed by atoms with E-state index in [-0.39, 0.29) is 17.2 Å². The van der Waals surface area contributed by atoms with Crippen LogP contribution in [-0.4, -0.2) is 19.0 Å². The van der Waals surface area contributed by atoms with Crippen molar-refractivity contribution in [1.82, 2.24) is 0 Å². The van der Waals surface area contributed by atoms with Gasteiger partial charge in [-0.2, -0.15) is 0 Å². The van der Waals surface area contributed by atoms with Gasteiger partial charge in [0, 0.05) is 0 Å². The van der Waals surface area contributed by atoms with Gasteiger partial charge < -0.3 is 9.47 Å². The summed E-state index contributed by atoms with van der Waals surface area (Å²) in [6.07, 6.45) is 2.42. The van der Waals surface area contributed by atoms with Crippen molar-refractivity contribution >= 4 is 17.9 Å². The summed E-state index contributed by atoms with van der Waals surface area (Å²) in [7, 11) is 1.62. The van der Waals surface area contributed by atoms with Crippen LogP contribution in [0.25, 0.3) is 6.08 Å². The van der Waals surface area contributed by atoms with Crippen molar-refractivity contribution in [1.29, 1.82) is 0 Å². The third-order valence-corrected chi connectivity index (χ3v) is 3.71. The van der Waals surface area contributed by atoms with E-state index in [2.05, 4.69) is 4.99 Å². The summed E-state index contributed by atoms with van der Waals surface area (Å²) in [5.74, 6) is -0.303. The number of hydrogen-bond donors (Lipinski definition) is 0. The van der Waals surface area contributed by atoms with Crippen LogP contribution in [0.5, 0.6) is 5.75 Å². The summed E-state index contributed by atoms with van der Waals surface area (Å²) in [4.78, 5) is 16.1. The molecule has 0 aromatic heterocycles. The minimum atomic E-state index is -0.595. The Hall–Kier alpha value is -2.95. The summed E-state index contributed by atoms with van der Waals surface area (Å²) in [6, 6.07) is 11.6. The smallest absolute Gasteiger partial charge is 0.363 e. The molecule has 5 heteroatoms. The molecule has 1 aliphatic heterocycles. The second-order valence-electron chi connectivity index (χ2n) is 5.24. The molecule has 0 spiro atoms. The van der Waals surface area contributed by atoms with Gasteiger partial charge >= 0.3 is 5.97 Å². The van der Waals surface area contributed by atoms with Crippen LogP contribution in [0.2, 0.25) is 0 Å². The van der Waals surface area contributed by atoms with E-state index >= 15 is 0 Å². The molecule has 1 heterocycles. The number of carbonyl (C=O) groups is 1. The highest BCUT2D eigenvalue weighted by Gasteiger charge is 2.25. The minimum Gasteiger partial charge on any atom is -0.496 e. The van der Waals surface area contributed by atoms with Gasteiger partial charge in [-0.05, 0) is 47.9 Å². The Labute approximate surface area is 139 Å². The molecule has 2 aromatic carbocycles. The van der Waals surface area contributed by atoms with Crippen LogP contribution in [0, 0.1) is 5.82 Å². The molecule has 4 nitrogen and oxygen atoms in total. The molecule has 0 unspecified atom stereocenters. The lowest BCUT2D eigenvalue weighted by Gasteiger charge is -2.07. The molecule has 0 saturated heterocycles. The Morgan fingerprint density at radius 1 is 1.25 bits per heavy atom. The molecule has 0 N–H and O–H groups in total. The molecule has 24 heavy (non-hydrogen) atoms. The molecule has 2 aromatic rings. The number of aryl methyl sites for hydroxylation is 1. The van der Waals surface area contributed by atoms with Crippen LogP contribution in [0.3, 0.4) is 0 Å². The average Bonchev–Trinajstić information content (AvgIpc) is 2.95. The maximum atomic E-state index is 13.8. The molecule has 0 amide bonds. The number of benzene rings is 2. The van der Waals surface area contributed by atoms with Gasteiger partial charge in [-0.3, -0.25) is 0 Å². The third kappa shape index (κ3) is 3.06. The molecule has 0 radical (unpaired) electrons. The SMILES string of the molecule is CCc1cc(/C=C2/N=C(c3ccccc3F)OC2=O)ccc1OC. The van der Waals surface area contributed by atoms with Crippen LogP contribution in [0.15, 0.2) is 53.2 Å². The first-order valence-electron chi connectivity index (χ1n) is 7.56. The summed E-state index contributed by atoms with van der Waals surface area (Å²) in [5, 5.41) is 0. The van der Waals surface area contributed by atoms with Crippen molar-refractivity contribution in [2.75, 3.05) is 7.11 Å². The fraction of sp³-hybridized carbons (Fsp3) is 0.158. The van der Waals surface area contributed by atoms with E-state index in [1.54, 1.807) is 25.3 Å². The van der Waals surface area contributed by atoms with Gasteiger partial charge in [-0.1, -0.05) is 25.1 Å². The van der Waals surface area contributed by atoms with Gasteiger partial charge in [0.25, 0.3) is 0 Å². The zero-order valence-corrected chi connectivity index (χ0v) is 13.4. The Morgan fingerprint density at radius 2 is 2.04 bits per heavy atom. The Bertz CT molecular complexity index is 855. The summed E-state index contributed by atoms with van der Waals surface area (Å²) < 4.78 is 24.2. The number of halogens is 1. The average molecular weight is 325 g/mol. The standard InChI is InChI=1S/C19H16FNO3/c1-3-13-10-12(8-9-17(13)23-2)11-16-19(22)24-18(21-16)14-6-4-5-7-15(14)20/h4-11H,3H2,1-2H3/b16-11+. The number of esters is 1. The van der Waals surface area contributed by atoms with E-state index in [0.29, 0.717) is 0 Å². The lowest BCUT2D eigenvalue weighted by molar-refractivity contribution is -0.129. The highest BCUT2D eigenvalue weighted by atomic mass is 19.1. The van der Waals surface area contributed by atoms with Gasteiger partial charge in [-0.25, -0.2) is 14.2 Å². The molecule has 0 bridgehead atoms. The predicted molar refractivity (Wildman–Crippen MR) is 89.4 cm³/mol. The van der Waals surface area contributed by atoms with Crippen molar-refractivity contribution < 1.29 is 18.7 Å². The Kier molecular flexibility index (Phi) is 4.42. The lowest BCUT2D eigenvalue weighted by Crippen LogP contribution is -2.07. The van der Waals surface area contributed by atoms with Gasteiger partial charge in [0.1, 0.15) is 11.6 Å². The molecule has 1 aliphatic rings. The topological polar surface area (TPSA) is 47.9 Å². The van der Waals surface area contributed by atoms with Gasteiger partial charge in [-0.15, -0.1) is 0 Å². The minimum absolute atomic E-state index is 0.0198. The quantitative estimate of drug-likeness (QED) is 0.635. The van der Waals surface area contributed by atoms with Crippen molar-refractivity contribution in [2.45, 2.75) is 13.3 Å². The second-order valence-corrected chi connectivity index (χ2v) is 5.24. The Morgan fingerprint density at radius 3 is 2.75 bits per heavy atom. The second kappa shape index (κ2) is 6.66. The van der Waals surface area contributed by atoms with E-state index in [1.165, 1.54) is 12.1 Å². The van der Waals surface area contributed by atoms with E-state index in [9.17, 15) is 9.18 Å². The first kappa shape index (κ1) is 15.9. The van der Waals surface area contributed by atoms with Crippen molar-refractivity contribution in [3.05, 3.63) is 70.7 Å². The number of cyclic esters (lactones) is 1. The van der Waals surface area contributed by atoms with Crippen LogP contribution >= 0.6 is 0 Å². The maximum absolute atomic E-state index is 13.8. The summed E-state index contributed by atoms with van der Waals surface area (Å²) in [6.45, 7) is 2.02. The number of nitrogens with zero attached hydrogens (tertiary/aromatic N) is 1. The van der Waals surface area contributed by atoms with Gasteiger partial charge in [0.2, 0.25) is 5.90 Å². The molecule has 0 fully saturated rings. The molecule has 0 aliphatic carbocycles. The number of carbonyl (C=O) groups excluding carboxylic acids is 1.